The third kappa shape index (κ3) is 3.94. The van der Waals surface area contributed by atoms with Gasteiger partial charge >= 0.3 is 5.76 Å². The molecule has 2 aromatic carbocycles. The molecule has 0 atom stereocenters. The van der Waals surface area contributed by atoms with E-state index in [2.05, 4.69) is 10.4 Å². The Labute approximate surface area is 193 Å². The summed E-state index contributed by atoms with van der Waals surface area (Å²) in [7, 11) is -4.81. The Morgan fingerprint density at radius 3 is 2.53 bits per heavy atom. The average molecular weight is 483 g/mol. The van der Waals surface area contributed by atoms with Gasteiger partial charge in [0.25, 0.3) is 16.0 Å². The Morgan fingerprint density at radius 2 is 1.76 bits per heavy atom. The molecule has 0 spiro atoms. The van der Waals surface area contributed by atoms with Crippen LogP contribution in [0.4, 0.5) is 20.3 Å². The molecule has 5 aromatic rings. The van der Waals surface area contributed by atoms with Gasteiger partial charge in [-0.1, -0.05) is 36.4 Å². The van der Waals surface area contributed by atoms with Gasteiger partial charge in [0.15, 0.2) is 5.82 Å². The van der Waals surface area contributed by atoms with Crippen LogP contribution in [-0.2, 0) is 16.6 Å². The number of benzene rings is 2. The lowest BCUT2D eigenvalue weighted by molar-refractivity contribution is 0.236. The summed E-state index contributed by atoms with van der Waals surface area (Å²) in [5, 5.41) is 8.42. The fourth-order valence-electron chi connectivity index (χ4n) is 3.84. The predicted molar refractivity (Wildman–Crippen MR) is 127 cm³/mol. The number of nitrogens with one attached hydrogen (secondary N) is 2. The first-order valence-corrected chi connectivity index (χ1v) is 11.9. The van der Waals surface area contributed by atoms with E-state index in [1.54, 1.807) is 33.5 Å². The zero-order chi connectivity index (χ0) is 23.9. The second-order valence-corrected chi connectivity index (χ2v) is 9.36. The Bertz CT molecular complexity index is 1600. The van der Waals surface area contributed by atoms with Crippen LogP contribution in [0.3, 0.4) is 0 Å². The minimum Gasteiger partial charge on any atom is -0.364 e. The highest BCUT2D eigenvalue weighted by atomic mass is 32.2. The number of rotatable bonds is 7. The SMILES string of the molecule is Cc1cc2c(NS(=O)(=O)C(F)F)cccc2n1-c1nc(NCc2ccccc2)c2cccn2n1. The van der Waals surface area contributed by atoms with Crippen molar-refractivity contribution in [1.29, 1.82) is 0 Å². The fraction of sp³-hybridized carbons (Fsp3) is 0.130. The third-order valence-electron chi connectivity index (χ3n) is 5.40. The van der Waals surface area contributed by atoms with E-state index in [1.807, 2.05) is 54.1 Å². The fourth-order valence-corrected chi connectivity index (χ4v) is 4.42. The standard InChI is InChI=1S/C23H20F2N6O2S/c1-15-13-17-18(29-34(32,33)22(24)25)9-5-10-19(17)31(15)23-27-21(20-11-6-12-30(20)28-23)26-14-16-7-3-2-4-8-16/h2-13,22,29H,14H2,1H3,(H,26,27,28). The summed E-state index contributed by atoms with van der Waals surface area (Å²) in [5.74, 6) is -2.57. The van der Waals surface area contributed by atoms with Gasteiger partial charge in [-0.05, 0) is 42.8 Å². The average Bonchev–Trinajstić information content (AvgIpc) is 3.42. The lowest BCUT2D eigenvalue weighted by Gasteiger charge is -2.13. The maximum Gasteiger partial charge on any atom is 0.355 e. The van der Waals surface area contributed by atoms with Crippen molar-refractivity contribution >= 4 is 37.9 Å². The van der Waals surface area contributed by atoms with Crippen molar-refractivity contribution in [2.45, 2.75) is 19.2 Å². The summed E-state index contributed by atoms with van der Waals surface area (Å²) in [6.45, 7) is 2.37. The number of aryl methyl sites for hydroxylation is 1. The minimum absolute atomic E-state index is 0.0594. The van der Waals surface area contributed by atoms with Crippen LogP contribution in [0.2, 0.25) is 0 Å². The monoisotopic (exact) mass is 482 g/mol. The van der Waals surface area contributed by atoms with E-state index in [0.717, 1.165) is 11.1 Å². The zero-order valence-electron chi connectivity index (χ0n) is 18.0. The molecule has 0 fully saturated rings. The van der Waals surface area contributed by atoms with Crippen LogP contribution in [0.25, 0.3) is 22.4 Å². The van der Waals surface area contributed by atoms with Crippen molar-refractivity contribution in [2.24, 2.45) is 0 Å². The number of hydrogen-bond acceptors (Lipinski definition) is 5. The topological polar surface area (TPSA) is 93.3 Å². The molecule has 0 saturated heterocycles. The van der Waals surface area contributed by atoms with Gasteiger partial charge in [-0.3, -0.25) is 9.29 Å². The first-order chi connectivity index (χ1) is 16.3. The van der Waals surface area contributed by atoms with Crippen molar-refractivity contribution in [1.82, 2.24) is 19.2 Å². The number of aromatic nitrogens is 4. The molecule has 0 aliphatic heterocycles. The molecule has 34 heavy (non-hydrogen) atoms. The first-order valence-electron chi connectivity index (χ1n) is 10.4. The number of nitrogens with zero attached hydrogens (tertiary/aromatic N) is 4. The predicted octanol–water partition coefficient (Wildman–Crippen LogP) is 4.56. The molecule has 0 amide bonds. The second-order valence-electron chi connectivity index (χ2n) is 7.70. The number of sulfonamides is 1. The van der Waals surface area contributed by atoms with E-state index in [9.17, 15) is 17.2 Å². The molecule has 174 valence electrons. The highest BCUT2D eigenvalue weighted by Gasteiger charge is 2.25. The Kier molecular flexibility index (Phi) is 5.40. The van der Waals surface area contributed by atoms with Crippen molar-refractivity contribution in [2.75, 3.05) is 10.0 Å². The van der Waals surface area contributed by atoms with E-state index in [1.165, 1.54) is 6.07 Å². The van der Waals surface area contributed by atoms with Crippen molar-refractivity contribution in [3.63, 3.8) is 0 Å². The lowest BCUT2D eigenvalue weighted by atomic mass is 10.2. The Balaban J connectivity index is 1.60. The summed E-state index contributed by atoms with van der Waals surface area (Å²) in [4.78, 5) is 4.74. The van der Waals surface area contributed by atoms with Crippen LogP contribution >= 0.6 is 0 Å². The lowest BCUT2D eigenvalue weighted by Crippen LogP contribution is -2.20. The Hall–Kier alpha value is -3.99. The van der Waals surface area contributed by atoms with Crippen molar-refractivity contribution in [3.05, 3.63) is 84.2 Å². The van der Waals surface area contributed by atoms with E-state index < -0.39 is 15.8 Å². The van der Waals surface area contributed by atoms with E-state index in [0.29, 0.717) is 34.9 Å². The third-order valence-corrected chi connectivity index (χ3v) is 6.37. The van der Waals surface area contributed by atoms with Gasteiger partial charge in [-0.2, -0.15) is 13.8 Å². The quantitative estimate of drug-likeness (QED) is 0.355. The van der Waals surface area contributed by atoms with Gasteiger partial charge in [-0.25, -0.2) is 12.9 Å². The molecule has 3 aromatic heterocycles. The van der Waals surface area contributed by atoms with Crippen molar-refractivity contribution < 1.29 is 17.2 Å². The van der Waals surface area contributed by atoms with Crippen LogP contribution in [0, 0.1) is 6.92 Å². The highest BCUT2D eigenvalue weighted by molar-refractivity contribution is 7.93. The van der Waals surface area contributed by atoms with Crippen LogP contribution in [0.1, 0.15) is 11.3 Å². The number of alkyl halides is 2. The van der Waals surface area contributed by atoms with Gasteiger partial charge < -0.3 is 5.32 Å². The summed E-state index contributed by atoms with van der Waals surface area (Å²) < 4.78 is 54.8. The Morgan fingerprint density at radius 1 is 1.00 bits per heavy atom. The zero-order valence-corrected chi connectivity index (χ0v) is 18.8. The van der Waals surface area contributed by atoms with Crippen LogP contribution in [-0.4, -0.2) is 33.3 Å². The molecule has 0 aliphatic carbocycles. The van der Waals surface area contributed by atoms with E-state index in [4.69, 9.17) is 4.98 Å². The van der Waals surface area contributed by atoms with Gasteiger partial charge in [0.1, 0.15) is 5.52 Å². The number of anilines is 2. The molecule has 0 radical (unpaired) electrons. The van der Waals surface area contributed by atoms with Gasteiger partial charge in [0, 0.05) is 23.8 Å². The van der Waals surface area contributed by atoms with Crippen LogP contribution in [0.5, 0.6) is 0 Å². The second kappa shape index (κ2) is 8.41. The summed E-state index contributed by atoms with van der Waals surface area (Å²) >= 11 is 0. The number of hydrogen-bond donors (Lipinski definition) is 2. The molecule has 3 heterocycles. The molecule has 2 N–H and O–H groups in total. The van der Waals surface area contributed by atoms with Crippen LogP contribution < -0.4 is 10.0 Å². The summed E-state index contributed by atoms with van der Waals surface area (Å²) in [6, 6.07) is 20.1. The normalized spacial score (nSPS) is 12.0. The molecule has 0 aliphatic rings. The molecular weight excluding hydrogens is 462 g/mol. The minimum atomic E-state index is -4.81. The van der Waals surface area contributed by atoms with E-state index >= 15 is 0 Å². The molecule has 0 bridgehead atoms. The highest BCUT2D eigenvalue weighted by Crippen LogP contribution is 2.30. The largest absolute Gasteiger partial charge is 0.364 e. The van der Waals surface area contributed by atoms with Crippen LogP contribution in [0.15, 0.2) is 72.9 Å². The van der Waals surface area contributed by atoms with Crippen molar-refractivity contribution in [3.8, 4) is 5.95 Å². The van der Waals surface area contributed by atoms with E-state index in [-0.39, 0.29) is 5.69 Å². The maximum absolute atomic E-state index is 12.9. The van der Waals surface area contributed by atoms with Gasteiger partial charge in [0.05, 0.1) is 11.2 Å². The van der Waals surface area contributed by atoms with Gasteiger partial charge in [-0.15, -0.1) is 5.10 Å². The number of fused-ring (bicyclic) bond motifs is 2. The summed E-state index contributed by atoms with van der Waals surface area (Å²) in [6.07, 6.45) is 1.80. The maximum atomic E-state index is 12.9. The molecule has 0 unspecified atom stereocenters. The molecule has 11 heteroatoms. The first kappa shape index (κ1) is 21.8. The molecule has 8 nitrogen and oxygen atoms in total. The molecule has 5 rings (SSSR count). The number of halogens is 2. The smallest absolute Gasteiger partial charge is 0.355 e. The summed E-state index contributed by atoms with van der Waals surface area (Å²) in [5.41, 5.74) is 3.22. The van der Waals surface area contributed by atoms with Gasteiger partial charge in [0.2, 0.25) is 0 Å². The molecular formula is C23H20F2N6O2S. The molecule has 0 saturated carbocycles.